The molecule has 1 aromatic carbocycles. The minimum Gasteiger partial charge on any atom is -0.207 e. The zero-order chi connectivity index (χ0) is 17.1. The number of rotatable bonds is 4. The van der Waals surface area contributed by atoms with Crippen molar-refractivity contribution in [2.75, 3.05) is 0 Å². The maximum Gasteiger partial charge on any atom is 0.123 e. The van der Waals surface area contributed by atoms with Crippen LogP contribution in [0.15, 0.2) is 24.3 Å². The summed E-state index contributed by atoms with van der Waals surface area (Å²) in [6.07, 6.45) is 19.1. The Balaban J connectivity index is 1.21. The van der Waals surface area contributed by atoms with Gasteiger partial charge in [0.05, 0.1) is 0 Å². The highest BCUT2D eigenvalue weighted by molar-refractivity contribution is 5.21. The van der Waals surface area contributed by atoms with Gasteiger partial charge in [0.25, 0.3) is 0 Å². The first-order chi connectivity index (χ1) is 12.3. The van der Waals surface area contributed by atoms with E-state index in [0.717, 1.165) is 23.7 Å². The van der Waals surface area contributed by atoms with E-state index in [1.165, 1.54) is 82.6 Å². The molecule has 1 heteroatoms. The summed E-state index contributed by atoms with van der Waals surface area (Å²) in [6, 6.07) is 7.28. The molecule has 0 nitrogen and oxygen atoms in total. The Morgan fingerprint density at radius 2 is 1.16 bits per heavy atom. The summed E-state index contributed by atoms with van der Waals surface area (Å²) < 4.78 is 13.1. The molecule has 0 amide bonds. The van der Waals surface area contributed by atoms with Crippen molar-refractivity contribution in [2.45, 2.75) is 89.4 Å². The van der Waals surface area contributed by atoms with Crippen molar-refractivity contribution in [1.82, 2.24) is 0 Å². The third-order valence-corrected chi connectivity index (χ3v) is 7.81. The van der Waals surface area contributed by atoms with Crippen LogP contribution in [0.2, 0.25) is 0 Å². The Morgan fingerprint density at radius 1 is 0.640 bits per heavy atom. The first-order valence-corrected chi connectivity index (χ1v) is 11.0. The van der Waals surface area contributed by atoms with Crippen LogP contribution >= 0.6 is 0 Å². The minimum atomic E-state index is -0.105. The number of hydrogen-bond donors (Lipinski definition) is 0. The second-order valence-electron chi connectivity index (χ2n) is 9.33. The molecular weight excluding hydrogens is 307 g/mol. The molecule has 3 saturated carbocycles. The zero-order valence-corrected chi connectivity index (χ0v) is 15.8. The van der Waals surface area contributed by atoms with E-state index in [1.807, 2.05) is 12.1 Å². The van der Waals surface area contributed by atoms with Gasteiger partial charge in [-0.1, -0.05) is 50.7 Å². The fourth-order valence-electron chi connectivity index (χ4n) is 6.27. The Bertz CT molecular complexity index is 512. The van der Waals surface area contributed by atoms with Gasteiger partial charge in [-0.2, -0.15) is 0 Å². The number of benzene rings is 1. The Labute approximate surface area is 153 Å². The van der Waals surface area contributed by atoms with Crippen LogP contribution in [-0.4, -0.2) is 0 Å². The lowest BCUT2D eigenvalue weighted by Crippen LogP contribution is -2.26. The van der Waals surface area contributed by atoms with Crippen molar-refractivity contribution in [3.63, 3.8) is 0 Å². The summed E-state index contributed by atoms with van der Waals surface area (Å²) in [4.78, 5) is 0. The van der Waals surface area contributed by atoms with Crippen molar-refractivity contribution in [1.29, 1.82) is 0 Å². The first kappa shape index (κ1) is 17.6. The molecule has 0 spiro atoms. The molecule has 138 valence electrons. The van der Waals surface area contributed by atoms with Crippen molar-refractivity contribution >= 4 is 0 Å². The van der Waals surface area contributed by atoms with Gasteiger partial charge < -0.3 is 0 Å². The largest absolute Gasteiger partial charge is 0.207 e. The quantitative estimate of drug-likeness (QED) is 0.532. The lowest BCUT2D eigenvalue weighted by Gasteiger charge is -2.38. The van der Waals surface area contributed by atoms with Gasteiger partial charge in [0.2, 0.25) is 0 Å². The predicted molar refractivity (Wildman–Crippen MR) is 103 cm³/mol. The topological polar surface area (TPSA) is 0 Å². The lowest BCUT2D eigenvalue weighted by atomic mass is 9.67. The van der Waals surface area contributed by atoms with E-state index in [1.54, 1.807) is 18.6 Å². The lowest BCUT2D eigenvalue weighted by molar-refractivity contribution is 0.149. The molecular formula is C24H35F. The van der Waals surface area contributed by atoms with Gasteiger partial charge in [-0.25, -0.2) is 4.39 Å². The molecule has 0 aliphatic heterocycles. The standard InChI is InChI=1S/C24H35F/c25-24-15-13-23(14-16-24)22-11-9-21(10-12-22)20-7-5-19(6-8-20)17-18-3-1-2-4-18/h13-16,18-22H,1-12,17H2. The third-order valence-electron chi connectivity index (χ3n) is 7.81. The van der Waals surface area contributed by atoms with Gasteiger partial charge in [0.15, 0.2) is 0 Å². The predicted octanol–water partition coefficient (Wildman–Crippen LogP) is 7.49. The molecule has 4 rings (SSSR count). The first-order valence-electron chi connectivity index (χ1n) is 11.0. The average Bonchev–Trinajstić information content (AvgIpc) is 3.16. The summed E-state index contributed by atoms with van der Waals surface area (Å²) in [5.74, 6) is 4.68. The highest BCUT2D eigenvalue weighted by Gasteiger charge is 2.32. The molecule has 3 fully saturated rings. The Morgan fingerprint density at radius 3 is 1.76 bits per heavy atom. The molecule has 1 aromatic rings. The van der Waals surface area contributed by atoms with Crippen LogP contribution in [0.25, 0.3) is 0 Å². The van der Waals surface area contributed by atoms with Gasteiger partial charge in [-0.15, -0.1) is 0 Å². The molecule has 0 saturated heterocycles. The summed E-state index contributed by atoms with van der Waals surface area (Å²) in [5, 5.41) is 0. The summed E-state index contributed by atoms with van der Waals surface area (Å²) in [6.45, 7) is 0. The number of halogens is 1. The summed E-state index contributed by atoms with van der Waals surface area (Å²) in [7, 11) is 0. The van der Waals surface area contributed by atoms with E-state index in [9.17, 15) is 4.39 Å². The number of hydrogen-bond acceptors (Lipinski definition) is 0. The van der Waals surface area contributed by atoms with Gasteiger partial charge in [0.1, 0.15) is 5.82 Å². The van der Waals surface area contributed by atoms with Crippen LogP contribution < -0.4 is 0 Å². The van der Waals surface area contributed by atoms with Crippen molar-refractivity contribution in [3.05, 3.63) is 35.6 Å². The van der Waals surface area contributed by atoms with E-state index in [-0.39, 0.29) is 5.82 Å². The van der Waals surface area contributed by atoms with E-state index < -0.39 is 0 Å². The van der Waals surface area contributed by atoms with Gasteiger partial charge in [-0.05, 0) is 92.2 Å². The fourth-order valence-corrected chi connectivity index (χ4v) is 6.27. The summed E-state index contributed by atoms with van der Waals surface area (Å²) >= 11 is 0. The summed E-state index contributed by atoms with van der Waals surface area (Å²) in [5.41, 5.74) is 1.36. The SMILES string of the molecule is Fc1ccc(C2CCC(C3CCC(CC4CCCC4)CC3)CC2)cc1. The maximum atomic E-state index is 13.1. The van der Waals surface area contributed by atoms with E-state index in [2.05, 4.69) is 0 Å². The van der Waals surface area contributed by atoms with Gasteiger partial charge >= 0.3 is 0 Å². The Kier molecular flexibility index (Phi) is 5.78. The highest BCUT2D eigenvalue weighted by Crippen LogP contribution is 2.45. The molecule has 3 aliphatic rings. The third kappa shape index (κ3) is 4.47. The second-order valence-corrected chi connectivity index (χ2v) is 9.33. The van der Waals surface area contributed by atoms with E-state index in [4.69, 9.17) is 0 Å². The molecule has 0 bridgehead atoms. The van der Waals surface area contributed by atoms with Crippen molar-refractivity contribution in [2.24, 2.45) is 23.7 Å². The van der Waals surface area contributed by atoms with Crippen LogP contribution in [-0.2, 0) is 0 Å². The zero-order valence-electron chi connectivity index (χ0n) is 15.8. The van der Waals surface area contributed by atoms with Crippen LogP contribution in [0.3, 0.4) is 0 Å². The molecule has 0 heterocycles. The smallest absolute Gasteiger partial charge is 0.123 e. The highest BCUT2D eigenvalue weighted by atomic mass is 19.1. The van der Waals surface area contributed by atoms with Crippen LogP contribution in [0.1, 0.15) is 95.0 Å². The Hall–Kier alpha value is -0.850. The van der Waals surface area contributed by atoms with Crippen LogP contribution in [0.4, 0.5) is 4.39 Å². The molecule has 0 aromatic heterocycles. The molecule has 25 heavy (non-hydrogen) atoms. The second kappa shape index (κ2) is 8.23. The molecule has 0 atom stereocenters. The van der Waals surface area contributed by atoms with Gasteiger partial charge in [0, 0.05) is 0 Å². The average molecular weight is 343 g/mol. The maximum absolute atomic E-state index is 13.1. The van der Waals surface area contributed by atoms with E-state index >= 15 is 0 Å². The molecule has 0 N–H and O–H groups in total. The molecule has 3 aliphatic carbocycles. The normalized spacial score (nSPS) is 34.3. The van der Waals surface area contributed by atoms with E-state index in [0.29, 0.717) is 5.92 Å². The van der Waals surface area contributed by atoms with Crippen molar-refractivity contribution in [3.8, 4) is 0 Å². The van der Waals surface area contributed by atoms with Gasteiger partial charge in [-0.3, -0.25) is 0 Å². The van der Waals surface area contributed by atoms with Crippen LogP contribution in [0.5, 0.6) is 0 Å². The monoisotopic (exact) mass is 342 g/mol. The van der Waals surface area contributed by atoms with Crippen molar-refractivity contribution < 1.29 is 4.39 Å². The fraction of sp³-hybridized carbons (Fsp3) is 0.750. The van der Waals surface area contributed by atoms with Crippen LogP contribution in [0, 0.1) is 29.5 Å². The molecule has 0 radical (unpaired) electrons. The minimum absolute atomic E-state index is 0.105. The molecule has 0 unspecified atom stereocenters.